The molecule has 1 saturated heterocycles. The second-order valence-electron chi connectivity index (χ2n) is 7.70. The first kappa shape index (κ1) is 17.7. The number of furan rings is 1. The van der Waals surface area contributed by atoms with E-state index in [1.165, 1.54) is 0 Å². The number of benzene rings is 1. The van der Waals surface area contributed by atoms with Gasteiger partial charge >= 0.3 is 0 Å². The number of likely N-dealkylation sites (tertiary alicyclic amines) is 1. The van der Waals surface area contributed by atoms with Crippen LogP contribution in [0.3, 0.4) is 0 Å². The van der Waals surface area contributed by atoms with Crippen molar-refractivity contribution >= 4 is 17.1 Å². The SMILES string of the molecule is Cc1cc(C)cc(C(=O)N2CC[C@@H](n3c(-c4ccco4)nc4cccnc43)C2)c1. The second-order valence-corrected chi connectivity index (χ2v) is 7.70. The molecule has 0 saturated carbocycles. The summed E-state index contributed by atoms with van der Waals surface area (Å²) in [6.45, 7) is 5.38. The summed E-state index contributed by atoms with van der Waals surface area (Å²) < 4.78 is 7.76. The summed E-state index contributed by atoms with van der Waals surface area (Å²) in [7, 11) is 0. The first-order valence-electron chi connectivity index (χ1n) is 9.84. The first-order chi connectivity index (χ1) is 14.1. The molecule has 6 heteroatoms. The number of carbonyl (C=O) groups excluding carboxylic acids is 1. The van der Waals surface area contributed by atoms with Crippen molar-refractivity contribution in [3.8, 4) is 11.6 Å². The van der Waals surface area contributed by atoms with E-state index in [-0.39, 0.29) is 11.9 Å². The minimum Gasteiger partial charge on any atom is -0.461 e. The molecule has 4 heterocycles. The highest BCUT2D eigenvalue weighted by Gasteiger charge is 2.31. The molecule has 0 unspecified atom stereocenters. The predicted molar refractivity (Wildman–Crippen MR) is 111 cm³/mol. The van der Waals surface area contributed by atoms with Gasteiger partial charge in [-0.05, 0) is 56.7 Å². The van der Waals surface area contributed by atoms with Crippen LogP contribution < -0.4 is 0 Å². The van der Waals surface area contributed by atoms with Gasteiger partial charge in [0.15, 0.2) is 17.2 Å². The Morgan fingerprint density at radius 2 is 1.97 bits per heavy atom. The summed E-state index contributed by atoms with van der Waals surface area (Å²) in [5.74, 6) is 1.55. The topological polar surface area (TPSA) is 64.2 Å². The molecule has 1 aromatic carbocycles. The van der Waals surface area contributed by atoms with Gasteiger partial charge < -0.3 is 13.9 Å². The molecule has 0 bridgehead atoms. The molecular weight excluding hydrogens is 364 g/mol. The Morgan fingerprint density at radius 3 is 2.72 bits per heavy atom. The summed E-state index contributed by atoms with van der Waals surface area (Å²) in [4.78, 5) is 24.4. The fourth-order valence-electron chi connectivity index (χ4n) is 4.27. The van der Waals surface area contributed by atoms with Crippen molar-refractivity contribution in [2.45, 2.75) is 26.3 Å². The Labute approximate surface area is 168 Å². The number of imidazole rings is 1. The zero-order valence-electron chi connectivity index (χ0n) is 16.5. The highest BCUT2D eigenvalue weighted by atomic mass is 16.3. The van der Waals surface area contributed by atoms with E-state index in [1.807, 2.05) is 55.1 Å². The highest BCUT2D eigenvalue weighted by Crippen LogP contribution is 2.32. The number of nitrogens with zero attached hydrogens (tertiary/aromatic N) is 4. The molecule has 1 aliphatic heterocycles. The van der Waals surface area contributed by atoms with Crippen molar-refractivity contribution in [2.75, 3.05) is 13.1 Å². The lowest BCUT2D eigenvalue weighted by atomic mass is 10.1. The van der Waals surface area contributed by atoms with Crippen LogP contribution in [0.1, 0.15) is 33.9 Å². The molecule has 1 amide bonds. The average Bonchev–Trinajstić information content (AvgIpc) is 3.44. The van der Waals surface area contributed by atoms with E-state index < -0.39 is 0 Å². The Bertz CT molecular complexity index is 1170. The summed E-state index contributed by atoms with van der Waals surface area (Å²) in [6, 6.07) is 13.7. The van der Waals surface area contributed by atoms with Gasteiger partial charge in [-0.25, -0.2) is 9.97 Å². The summed E-state index contributed by atoms with van der Waals surface area (Å²) in [6.07, 6.45) is 4.28. The van der Waals surface area contributed by atoms with E-state index in [9.17, 15) is 4.79 Å². The zero-order chi connectivity index (χ0) is 20.0. The molecular formula is C23H22N4O2. The van der Waals surface area contributed by atoms with Gasteiger partial charge in [0.25, 0.3) is 5.91 Å². The number of aromatic nitrogens is 3. The van der Waals surface area contributed by atoms with Gasteiger partial charge in [0.2, 0.25) is 0 Å². The van der Waals surface area contributed by atoms with Gasteiger partial charge in [-0.1, -0.05) is 17.2 Å². The molecule has 0 N–H and O–H groups in total. The van der Waals surface area contributed by atoms with Gasteiger partial charge in [-0.15, -0.1) is 0 Å². The summed E-state index contributed by atoms with van der Waals surface area (Å²) >= 11 is 0. The number of hydrogen-bond acceptors (Lipinski definition) is 4. The van der Waals surface area contributed by atoms with Crippen molar-refractivity contribution < 1.29 is 9.21 Å². The molecule has 5 rings (SSSR count). The molecule has 0 spiro atoms. The van der Waals surface area contributed by atoms with Crippen LogP contribution in [0.25, 0.3) is 22.7 Å². The van der Waals surface area contributed by atoms with Crippen LogP contribution in [0.5, 0.6) is 0 Å². The number of aryl methyl sites for hydroxylation is 2. The monoisotopic (exact) mass is 386 g/mol. The van der Waals surface area contributed by atoms with E-state index in [4.69, 9.17) is 9.40 Å². The number of hydrogen-bond donors (Lipinski definition) is 0. The maximum atomic E-state index is 13.1. The third kappa shape index (κ3) is 3.10. The normalized spacial score (nSPS) is 16.6. The predicted octanol–water partition coefficient (Wildman–Crippen LogP) is 4.40. The van der Waals surface area contributed by atoms with Crippen molar-refractivity contribution in [3.05, 3.63) is 71.6 Å². The van der Waals surface area contributed by atoms with Crippen LogP contribution in [0.4, 0.5) is 0 Å². The Morgan fingerprint density at radius 1 is 1.14 bits per heavy atom. The smallest absolute Gasteiger partial charge is 0.253 e. The number of fused-ring (bicyclic) bond motifs is 1. The molecule has 1 fully saturated rings. The standard InChI is InChI=1S/C23H22N4O2/c1-15-11-16(2)13-17(12-15)23(28)26-9-7-18(14-26)27-21-19(5-3-8-24-21)25-22(27)20-6-4-10-29-20/h3-6,8,10-13,18H,7,9,14H2,1-2H3/t18-/m1/s1. The molecule has 4 aromatic rings. The first-order valence-corrected chi connectivity index (χ1v) is 9.84. The molecule has 1 atom stereocenters. The van der Waals surface area contributed by atoms with Crippen LogP contribution in [0.2, 0.25) is 0 Å². The third-order valence-corrected chi connectivity index (χ3v) is 5.47. The molecule has 6 nitrogen and oxygen atoms in total. The zero-order valence-corrected chi connectivity index (χ0v) is 16.5. The number of amides is 1. The van der Waals surface area contributed by atoms with Crippen molar-refractivity contribution in [1.82, 2.24) is 19.4 Å². The van der Waals surface area contributed by atoms with Gasteiger partial charge in [-0.3, -0.25) is 4.79 Å². The molecule has 1 aliphatic rings. The molecule has 29 heavy (non-hydrogen) atoms. The van der Waals surface area contributed by atoms with E-state index in [1.54, 1.807) is 12.5 Å². The lowest BCUT2D eigenvalue weighted by Gasteiger charge is -2.19. The van der Waals surface area contributed by atoms with E-state index in [0.717, 1.165) is 40.1 Å². The minimum absolute atomic E-state index is 0.0798. The van der Waals surface area contributed by atoms with Gasteiger partial charge in [0.1, 0.15) is 5.52 Å². The fraction of sp³-hybridized carbons (Fsp3) is 0.261. The maximum Gasteiger partial charge on any atom is 0.253 e. The average molecular weight is 386 g/mol. The van der Waals surface area contributed by atoms with Crippen LogP contribution >= 0.6 is 0 Å². The Balaban J connectivity index is 1.49. The Hall–Kier alpha value is -3.41. The second kappa shape index (κ2) is 6.88. The summed E-state index contributed by atoms with van der Waals surface area (Å²) in [5, 5.41) is 0. The van der Waals surface area contributed by atoms with Crippen LogP contribution in [-0.2, 0) is 0 Å². The molecule has 0 radical (unpaired) electrons. The van der Waals surface area contributed by atoms with Gasteiger partial charge in [-0.2, -0.15) is 0 Å². The largest absolute Gasteiger partial charge is 0.461 e. The lowest BCUT2D eigenvalue weighted by Crippen LogP contribution is -2.29. The molecule has 0 aliphatic carbocycles. The van der Waals surface area contributed by atoms with E-state index in [2.05, 4.69) is 15.6 Å². The Kier molecular flexibility index (Phi) is 4.19. The van der Waals surface area contributed by atoms with Gasteiger partial charge in [0, 0.05) is 24.8 Å². The minimum atomic E-state index is 0.0798. The number of rotatable bonds is 3. The van der Waals surface area contributed by atoms with Crippen LogP contribution in [0.15, 0.2) is 59.3 Å². The quantitative estimate of drug-likeness (QED) is 0.524. The number of carbonyl (C=O) groups is 1. The lowest BCUT2D eigenvalue weighted by molar-refractivity contribution is 0.0787. The third-order valence-electron chi connectivity index (χ3n) is 5.47. The van der Waals surface area contributed by atoms with Crippen molar-refractivity contribution in [2.24, 2.45) is 0 Å². The van der Waals surface area contributed by atoms with E-state index >= 15 is 0 Å². The van der Waals surface area contributed by atoms with Gasteiger partial charge in [0.05, 0.1) is 12.3 Å². The van der Waals surface area contributed by atoms with Crippen molar-refractivity contribution in [1.29, 1.82) is 0 Å². The van der Waals surface area contributed by atoms with E-state index in [0.29, 0.717) is 18.8 Å². The number of pyridine rings is 1. The summed E-state index contributed by atoms with van der Waals surface area (Å²) in [5.41, 5.74) is 4.62. The maximum absolute atomic E-state index is 13.1. The van der Waals surface area contributed by atoms with Crippen molar-refractivity contribution in [3.63, 3.8) is 0 Å². The fourth-order valence-corrected chi connectivity index (χ4v) is 4.27. The van der Waals surface area contributed by atoms with Crippen LogP contribution in [-0.4, -0.2) is 38.4 Å². The molecule has 146 valence electrons. The highest BCUT2D eigenvalue weighted by molar-refractivity contribution is 5.94. The molecule has 3 aromatic heterocycles. The van der Waals surface area contributed by atoms with Crippen LogP contribution in [0, 0.1) is 13.8 Å².